The lowest BCUT2D eigenvalue weighted by Crippen LogP contribution is -2.54. The molecule has 0 unspecified atom stereocenters. The Labute approximate surface area is 207 Å². The summed E-state index contributed by atoms with van der Waals surface area (Å²) in [4.78, 5) is 45.2. The van der Waals surface area contributed by atoms with Crippen molar-refractivity contribution in [1.82, 2.24) is 15.5 Å². The van der Waals surface area contributed by atoms with Crippen LogP contribution in [0.25, 0.3) is 0 Å². The molecule has 2 spiro atoms. The van der Waals surface area contributed by atoms with Crippen LogP contribution in [0.3, 0.4) is 0 Å². The van der Waals surface area contributed by atoms with Gasteiger partial charge in [0, 0.05) is 10.4 Å². The topological polar surface area (TPSA) is 90.9 Å². The predicted molar refractivity (Wildman–Crippen MR) is 134 cm³/mol. The van der Waals surface area contributed by atoms with Gasteiger partial charge >= 0.3 is 6.03 Å². The number of urea groups is 1. The summed E-state index contributed by atoms with van der Waals surface area (Å²) >= 11 is 1.71. The standard InChI is InChI=1S/C26H38N4O3S/c1-17-13-24(2,3)16-25(14-17)21(32)30(23(33)29-25)15-20(31)28-22-27-19-10-6-5-9-18(19)26(34-22)11-7-4-8-12-26/h17H,4-16H2,1-3H3,(H,29,33)(H,27,28,31)/t17-,25-/m1/s1. The zero-order valence-corrected chi connectivity index (χ0v) is 21.6. The minimum absolute atomic E-state index is 0.0356. The number of amides is 4. The molecule has 2 saturated carbocycles. The fourth-order valence-corrected chi connectivity index (χ4v) is 8.95. The van der Waals surface area contributed by atoms with E-state index in [2.05, 4.69) is 31.4 Å². The number of hydrogen-bond donors (Lipinski definition) is 2. The Kier molecular flexibility index (Phi) is 6.10. The van der Waals surface area contributed by atoms with Gasteiger partial charge in [-0.2, -0.15) is 0 Å². The highest BCUT2D eigenvalue weighted by molar-refractivity contribution is 8.15. The van der Waals surface area contributed by atoms with E-state index in [-0.39, 0.29) is 28.5 Å². The van der Waals surface area contributed by atoms with Crippen LogP contribution in [-0.4, -0.2) is 44.7 Å². The second-order valence-electron chi connectivity index (χ2n) is 12.0. The Bertz CT molecular complexity index is 965. The minimum Gasteiger partial charge on any atom is -0.323 e. The Balaban J connectivity index is 1.30. The predicted octanol–water partition coefficient (Wildman–Crippen LogP) is 4.87. The van der Waals surface area contributed by atoms with E-state index in [0.717, 1.165) is 49.1 Å². The van der Waals surface area contributed by atoms with E-state index >= 15 is 0 Å². The van der Waals surface area contributed by atoms with E-state index in [4.69, 9.17) is 4.99 Å². The second kappa shape index (κ2) is 8.68. The Morgan fingerprint density at radius 3 is 2.59 bits per heavy atom. The van der Waals surface area contributed by atoms with E-state index in [1.54, 1.807) is 11.8 Å². The summed E-state index contributed by atoms with van der Waals surface area (Å²) in [5.74, 6) is -0.272. The third-order valence-corrected chi connectivity index (χ3v) is 9.78. The van der Waals surface area contributed by atoms with Crippen molar-refractivity contribution in [3.05, 3.63) is 11.3 Å². The number of carbonyl (C=O) groups is 3. The highest BCUT2D eigenvalue weighted by Crippen LogP contribution is 2.52. The van der Waals surface area contributed by atoms with E-state index in [9.17, 15) is 14.4 Å². The van der Waals surface area contributed by atoms with Crippen LogP contribution in [0, 0.1) is 11.3 Å². The third-order valence-electron chi connectivity index (χ3n) is 8.35. The molecule has 3 aliphatic carbocycles. The molecule has 34 heavy (non-hydrogen) atoms. The maximum Gasteiger partial charge on any atom is 0.325 e. The highest BCUT2D eigenvalue weighted by Gasteiger charge is 2.56. The van der Waals surface area contributed by atoms with Crippen molar-refractivity contribution in [2.24, 2.45) is 16.3 Å². The van der Waals surface area contributed by atoms with E-state index in [1.807, 2.05) is 0 Å². The van der Waals surface area contributed by atoms with Crippen LogP contribution in [0.15, 0.2) is 16.3 Å². The fourth-order valence-electron chi connectivity index (χ4n) is 7.43. The van der Waals surface area contributed by atoms with Crippen molar-refractivity contribution in [2.75, 3.05) is 6.54 Å². The van der Waals surface area contributed by atoms with Crippen molar-refractivity contribution in [3.8, 4) is 0 Å². The van der Waals surface area contributed by atoms with Gasteiger partial charge in [-0.25, -0.2) is 9.79 Å². The van der Waals surface area contributed by atoms with Gasteiger partial charge < -0.3 is 10.6 Å². The molecule has 2 aliphatic heterocycles. The summed E-state index contributed by atoms with van der Waals surface area (Å²) in [5, 5.41) is 6.58. The number of aliphatic imine (C=N–C) groups is 1. The molecule has 2 heterocycles. The fraction of sp³-hybridized carbons (Fsp3) is 0.769. The number of nitrogens with one attached hydrogen (secondary N) is 2. The highest BCUT2D eigenvalue weighted by atomic mass is 32.2. The lowest BCUT2D eigenvalue weighted by molar-refractivity contribution is -0.137. The number of amidine groups is 1. The van der Waals surface area contributed by atoms with Crippen LogP contribution in [0.1, 0.15) is 97.8 Å². The molecule has 5 aliphatic rings. The van der Waals surface area contributed by atoms with E-state index in [0.29, 0.717) is 23.9 Å². The van der Waals surface area contributed by atoms with Gasteiger partial charge in [0.25, 0.3) is 5.91 Å². The van der Waals surface area contributed by atoms with Gasteiger partial charge in [0.2, 0.25) is 5.91 Å². The molecule has 0 aromatic carbocycles. The molecule has 0 aromatic rings. The molecule has 0 aromatic heterocycles. The van der Waals surface area contributed by atoms with Crippen LogP contribution in [-0.2, 0) is 9.59 Å². The smallest absolute Gasteiger partial charge is 0.323 e. The van der Waals surface area contributed by atoms with Gasteiger partial charge in [0.1, 0.15) is 12.1 Å². The van der Waals surface area contributed by atoms with Gasteiger partial charge in [-0.15, -0.1) is 0 Å². The molecule has 7 nitrogen and oxygen atoms in total. The SMILES string of the molecule is C[C@@H]1CC(C)(C)C[C@@]2(C1)NC(=O)N(CC(=O)NC1=NC3=C(CCCC3)C3(CCCCC3)S1)C2=O. The van der Waals surface area contributed by atoms with Crippen LogP contribution in [0.4, 0.5) is 4.79 Å². The third kappa shape index (κ3) is 4.31. The number of fused-ring (bicyclic) bond motifs is 1. The van der Waals surface area contributed by atoms with Gasteiger partial charge in [-0.1, -0.05) is 51.8 Å². The summed E-state index contributed by atoms with van der Waals surface area (Å²) in [7, 11) is 0. The molecule has 4 amide bonds. The van der Waals surface area contributed by atoms with E-state index in [1.165, 1.54) is 31.3 Å². The minimum atomic E-state index is -0.885. The van der Waals surface area contributed by atoms with Crippen molar-refractivity contribution in [2.45, 2.75) is 108 Å². The average molecular weight is 487 g/mol. The summed E-state index contributed by atoms with van der Waals surface area (Å²) in [6, 6.07) is -0.454. The van der Waals surface area contributed by atoms with Gasteiger partial charge in [0.05, 0.1) is 0 Å². The number of imide groups is 1. The lowest BCUT2D eigenvalue weighted by atomic mass is 9.64. The molecule has 8 heteroatoms. The monoisotopic (exact) mass is 486 g/mol. The van der Waals surface area contributed by atoms with Gasteiger partial charge in [0.15, 0.2) is 5.17 Å². The summed E-state index contributed by atoms with van der Waals surface area (Å²) in [6.45, 7) is 6.16. The molecular weight excluding hydrogens is 448 g/mol. The number of allylic oxidation sites excluding steroid dienone is 1. The number of rotatable bonds is 2. The molecule has 3 fully saturated rings. The summed E-state index contributed by atoms with van der Waals surface area (Å²) < 4.78 is 0.0626. The van der Waals surface area contributed by atoms with Crippen molar-refractivity contribution < 1.29 is 14.4 Å². The van der Waals surface area contributed by atoms with Crippen molar-refractivity contribution >= 4 is 34.8 Å². The molecule has 1 saturated heterocycles. The molecule has 5 rings (SSSR count). The average Bonchev–Trinajstić information content (AvgIpc) is 2.96. The molecule has 2 N–H and O–H groups in total. The van der Waals surface area contributed by atoms with Crippen molar-refractivity contribution in [3.63, 3.8) is 0 Å². The maximum atomic E-state index is 13.4. The molecule has 0 bridgehead atoms. The Morgan fingerprint density at radius 2 is 1.85 bits per heavy atom. The number of carbonyl (C=O) groups excluding carboxylic acids is 3. The summed E-state index contributed by atoms with van der Waals surface area (Å²) in [6.07, 6.45) is 12.7. The quantitative estimate of drug-likeness (QED) is 0.545. The zero-order valence-electron chi connectivity index (χ0n) is 20.8. The first-order valence-electron chi connectivity index (χ1n) is 13.1. The second-order valence-corrected chi connectivity index (χ2v) is 13.4. The van der Waals surface area contributed by atoms with Crippen LogP contribution in [0.5, 0.6) is 0 Å². The van der Waals surface area contributed by atoms with Crippen LogP contribution in [0.2, 0.25) is 0 Å². The Hall–Kier alpha value is -1.83. The largest absolute Gasteiger partial charge is 0.325 e. The number of nitrogens with zero attached hydrogens (tertiary/aromatic N) is 2. The first-order chi connectivity index (χ1) is 16.1. The number of thioether (sulfide) groups is 1. The molecular formula is C26H38N4O3S. The maximum absolute atomic E-state index is 13.4. The molecule has 186 valence electrons. The van der Waals surface area contributed by atoms with Gasteiger partial charge in [-0.3, -0.25) is 14.5 Å². The Morgan fingerprint density at radius 1 is 1.12 bits per heavy atom. The lowest BCUT2D eigenvalue weighted by Gasteiger charge is -2.44. The zero-order chi connectivity index (χ0) is 24.1. The number of hydrogen-bond acceptors (Lipinski definition) is 5. The first kappa shape index (κ1) is 23.9. The normalized spacial score (nSPS) is 32.5. The van der Waals surface area contributed by atoms with Crippen LogP contribution >= 0.6 is 11.8 Å². The first-order valence-corrected chi connectivity index (χ1v) is 13.9. The van der Waals surface area contributed by atoms with Gasteiger partial charge in [-0.05, 0) is 74.7 Å². The molecule has 2 atom stereocenters. The van der Waals surface area contributed by atoms with Crippen molar-refractivity contribution in [1.29, 1.82) is 0 Å². The molecule has 0 radical (unpaired) electrons. The van der Waals surface area contributed by atoms with Crippen LogP contribution < -0.4 is 10.6 Å². The van der Waals surface area contributed by atoms with E-state index < -0.39 is 11.6 Å². The summed E-state index contributed by atoms with van der Waals surface area (Å²) in [5.41, 5.74) is 1.75.